The monoisotopic (exact) mass is 591 g/mol. The molecule has 206 valence electrons. The van der Waals surface area contributed by atoms with Gasteiger partial charge in [0.2, 0.25) is 0 Å². The van der Waals surface area contributed by atoms with Crippen LogP contribution in [0.3, 0.4) is 0 Å². The molecule has 2 aromatic carbocycles. The third kappa shape index (κ3) is 6.42. The van der Waals surface area contributed by atoms with Crippen LogP contribution >= 0.6 is 11.6 Å². The molecule has 40 heavy (non-hydrogen) atoms. The van der Waals surface area contributed by atoms with E-state index in [4.69, 9.17) is 26.4 Å². The van der Waals surface area contributed by atoms with Gasteiger partial charge < -0.3 is 4.74 Å². The second-order valence-electron chi connectivity index (χ2n) is 10.6. The largest absolute Gasteiger partial charge is 0.359 e. The lowest BCUT2D eigenvalue weighted by atomic mass is 10.1. The van der Waals surface area contributed by atoms with Gasteiger partial charge in [0.1, 0.15) is 12.4 Å². The molecule has 1 N–H and O–H groups in total. The lowest BCUT2D eigenvalue weighted by Crippen LogP contribution is -2.22. The molecule has 3 aromatic heterocycles. The molecule has 0 spiro atoms. The molecule has 5 rings (SSSR count). The summed E-state index contributed by atoms with van der Waals surface area (Å²) in [6, 6.07) is 22.7. The maximum atomic E-state index is 12.9. The zero-order valence-electron chi connectivity index (χ0n) is 22.5. The summed E-state index contributed by atoms with van der Waals surface area (Å²) >= 11 is 6.29. The Morgan fingerprint density at radius 2 is 1.55 bits per heavy atom. The van der Waals surface area contributed by atoms with E-state index in [9.17, 15) is 8.42 Å². The number of nitrogens with zero attached hydrogens (tertiary/aromatic N) is 4. The van der Waals surface area contributed by atoms with Crippen molar-refractivity contribution < 1.29 is 13.2 Å². The fraction of sp³-hybridized carbons (Fsp3) is 0.207. The van der Waals surface area contributed by atoms with Crippen molar-refractivity contribution in [2.75, 3.05) is 11.3 Å². The van der Waals surface area contributed by atoms with Crippen molar-refractivity contribution in [3.05, 3.63) is 90.3 Å². The van der Waals surface area contributed by atoms with E-state index in [0.717, 1.165) is 28.3 Å². The van der Waals surface area contributed by atoms with Crippen molar-refractivity contribution in [1.82, 2.24) is 19.7 Å². The summed E-state index contributed by atoms with van der Waals surface area (Å²) in [7, 11) is -5.06. The number of nitrogens with one attached hydrogen (secondary N) is 1. The van der Waals surface area contributed by atoms with Gasteiger partial charge in [0.25, 0.3) is 10.0 Å². The summed E-state index contributed by atoms with van der Waals surface area (Å²) < 4.78 is 36.2. The van der Waals surface area contributed by atoms with Crippen LogP contribution in [-0.4, -0.2) is 42.8 Å². The van der Waals surface area contributed by atoms with E-state index in [1.165, 1.54) is 12.1 Å². The normalized spacial score (nSPS) is 12.1. The van der Waals surface area contributed by atoms with Crippen molar-refractivity contribution in [2.24, 2.45) is 0 Å². The zero-order chi connectivity index (χ0) is 28.3. The molecule has 8 nitrogen and oxygen atoms in total. The molecular formula is C29H30ClN5O3SSi. The molecule has 0 saturated carbocycles. The van der Waals surface area contributed by atoms with Gasteiger partial charge in [0.05, 0.1) is 10.6 Å². The van der Waals surface area contributed by atoms with Crippen LogP contribution in [0.1, 0.15) is 0 Å². The van der Waals surface area contributed by atoms with Crippen molar-refractivity contribution in [1.29, 1.82) is 0 Å². The predicted octanol–water partition coefficient (Wildman–Crippen LogP) is 6.93. The highest BCUT2D eigenvalue weighted by molar-refractivity contribution is 7.92. The Kier molecular flexibility index (Phi) is 8.04. The number of pyridine rings is 2. The summed E-state index contributed by atoms with van der Waals surface area (Å²) in [6.07, 6.45) is 3.31. The van der Waals surface area contributed by atoms with E-state index in [1.807, 2.05) is 36.4 Å². The Balaban J connectivity index is 1.50. The third-order valence-corrected chi connectivity index (χ3v) is 9.70. The number of aromatic nitrogens is 4. The van der Waals surface area contributed by atoms with E-state index in [0.29, 0.717) is 24.5 Å². The smallest absolute Gasteiger partial charge is 0.261 e. The van der Waals surface area contributed by atoms with Gasteiger partial charge in [-0.05, 0) is 30.3 Å². The van der Waals surface area contributed by atoms with Gasteiger partial charge >= 0.3 is 0 Å². The lowest BCUT2D eigenvalue weighted by Gasteiger charge is -2.15. The van der Waals surface area contributed by atoms with Crippen molar-refractivity contribution >= 4 is 46.4 Å². The van der Waals surface area contributed by atoms with Gasteiger partial charge in [-0.2, -0.15) is 5.10 Å². The molecule has 0 amide bonds. The molecule has 0 radical (unpaired) electrons. The first-order valence-electron chi connectivity index (χ1n) is 12.8. The Labute approximate surface area is 240 Å². The average molecular weight is 592 g/mol. The highest BCUT2D eigenvalue weighted by Gasteiger charge is 2.19. The van der Waals surface area contributed by atoms with Gasteiger partial charge in [-0.3, -0.25) is 4.72 Å². The van der Waals surface area contributed by atoms with Gasteiger partial charge in [-0.25, -0.2) is 23.1 Å². The fourth-order valence-electron chi connectivity index (χ4n) is 4.13. The molecule has 0 aliphatic rings. The maximum absolute atomic E-state index is 12.9. The second kappa shape index (κ2) is 11.5. The molecule has 0 aliphatic heterocycles. The van der Waals surface area contributed by atoms with E-state index < -0.39 is 18.1 Å². The highest BCUT2D eigenvalue weighted by Crippen LogP contribution is 2.33. The van der Waals surface area contributed by atoms with Crippen molar-refractivity contribution in [3.8, 4) is 22.4 Å². The fourth-order valence-corrected chi connectivity index (χ4v) is 6.17. The number of anilines is 1. The zero-order valence-corrected chi connectivity index (χ0v) is 25.1. The number of benzene rings is 2. The summed E-state index contributed by atoms with van der Waals surface area (Å²) in [4.78, 5) is 9.11. The van der Waals surface area contributed by atoms with Crippen LogP contribution in [0.5, 0.6) is 0 Å². The minimum Gasteiger partial charge on any atom is -0.359 e. The Bertz CT molecular complexity index is 1740. The second-order valence-corrected chi connectivity index (χ2v) is 18.3. The van der Waals surface area contributed by atoms with Crippen LogP contribution in [0.25, 0.3) is 33.4 Å². The molecule has 0 atom stereocenters. The first-order chi connectivity index (χ1) is 19.1. The SMILES string of the molecule is C[Si](C)(C)CCOCn1nc(-c2ccccc2)c2cc(-c3cnc(Cl)c(NS(=O)(=O)c4ccccc4)c3)cnc21. The summed E-state index contributed by atoms with van der Waals surface area (Å²) in [6.45, 7) is 7.93. The molecule has 0 fully saturated rings. The maximum Gasteiger partial charge on any atom is 0.261 e. The third-order valence-electron chi connectivity index (χ3n) is 6.31. The quantitative estimate of drug-likeness (QED) is 0.107. The molecule has 0 saturated heterocycles. The van der Waals surface area contributed by atoms with Gasteiger partial charge in [-0.1, -0.05) is 79.8 Å². The number of rotatable bonds is 10. The molecular weight excluding hydrogens is 562 g/mol. The van der Waals surface area contributed by atoms with Crippen LogP contribution in [0.15, 0.2) is 90.1 Å². The predicted molar refractivity (Wildman–Crippen MR) is 163 cm³/mol. The number of ether oxygens (including phenoxy) is 1. The first-order valence-corrected chi connectivity index (χ1v) is 18.4. The van der Waals surface area contributed by atoms with Crippen LogP contribution in [-0.2, 0) is 21.5 Å². The van der Waals surface area contributed by atoms with E-state index in [2.05, 4.69) is 29.3 Å². The van der Waals surface area contributed by atoms with Crippen molar-refractivity contribution in [2.45, 2.75) is 37.3 Å². The summed E-state index contributed by atoms with van der Waals surface area (Å²) in [5.74, 6) is 0. The van der Waals surface area contributed by atoms with Crippen LogP contribution in [0.4, 0.5) is 5.69 Å². The molecule has 5 aromatic rings. The molecule has 11 heteroatoms. The average Bonchev–Trinajstić information content (AvgIpc) is 3.30. The Morgan fingerprint density at radius 3 is 2.25 bits per heavy atom. The van der Waals surface area contributed by atoms with Crippen LogP contribution in [0, 0.1) is 0 Å². The van der Waals surface area contributed by atoms with Crippen molar-refractivity contribution in [3.63, 3.8) is 0 Å². The Hall–Kier alpha value is -3.57. The van der Waals surface area contributed by atoms with E-state index >= 15 is 0 Å². The van der Waals surface area contributed by atoms with E-state index in [-0.39, 0.29) is 15.7 Å². The minimum atomic E-state index is -3.84. The number of sulfonamides is 1. The topological polar surface area (TPSA) is 99.0 Å². The highest BCUT2D eigenvalue weighted by atomic mass is 35.5. The number of fused-ring (bicyclic) bond motifs is 1. The lowest BCUT2D eigenvalue weighted by molar-refractivity contribution is 0.0814. The molecule has 0 bridgehead atoms. The van der Waals surface area contributed by atoms with Gasteiger partial charge in [0, 0.05) is 49.2 Å². The first kappa shape index (κ1) is 28.0. The molecule has 0 aliphatic carbocycles. The van der Waals surface area contributed by atoms with Gasteiger partial charge in [-0.15, -0.1) is 0 Å². The number of halogens is 1. The number of hydrogen-bond donors (Lipinski definition) is 1. The van der Waals surface area contributed by atoms with Crippen LogP contribution < -0.4 is 4.72 Å². The van der Waals surface area contributed by atoms with Crippen LogP contribution in [0.2, 0.25) is 30.8 Å². The molecule has 0 unspecified atom stereocenters. The minimum absolute atomic E-state index is 0.0468. The van der Waals surface area contributed by atoms with E-state index in [1.54, 1.807) is 41.3 Å². The summed E-state index contributed by atoms with van der Waals surface area (Å²) in [5.41, 5.74) is 4.01. The Morgan fingerprint density at radius 1 is 0.900 bits per heavy atom. The molecule has 3 heterocycles. The van der Waals surface area contributed by atoms with Gasteiger partial charge in [0.15, 0.2) is 10.8 Å². The standard InChI is InChI=1S/C29H30ClN5O3SSi/c1-40(2,3)15-14-38-20-35-29-25(27(33-35)21-10-6-4-7-11-21)16-22(19-32-29)23-17-26(28(30)31-18-23)34-39(36,37)24-12-8-5-9-13-24/h4-13,16-19,34H,14-15,20H2,1-3H3. The summed E-state index contributed by atoms with van der Waals surface area (Å²) in [5, 5.41) is 5.75. The number of hydrogen-bond acceptors (Lipinski definition) is 6.